The maximum atomic E-state index is 15.6. The van der Waals surface area contributed by atoms with Gasteiger partial charge in [0.2, 0.25) is 0 Å². The van der Waals surface area contributed by atoms with E-state index in [9.17, 15) is 10.2 Å². The van der Waals surface area contributed by atoms with Crippen LogP contribution < -0.4 is 9.47 Å². The molecule has 0 fully saturated rings. The van der Waals surface area contributed by atoms with Gasteiger partial charge in [-0.2, -0.15) is 0 Å². The number of ether oxygens (including phenoxy) is 2. The van der Waals surface area contributed by atoms with Gasteiger partial charge in [0.25, 0.3) is 0 Å². The Balaban J connectivity index is 1.22. The number of hydrogen-bond acceptors (Lipinski definition) is 4. The van der Waals surface area contributed by atoms with Crippen LogP contribution in [0.25, 0.3) is 77.2 Å². The molecule has 0 saturated heterocycles. The van der Waals surface area contributed by atoms with Crippen LogP contribution in [0, 0.1) is 22.5 Å². The maximum absolute atomic E-state index is 15.6. The summed E-state index contributed by atoms with van der Waals surface area (Å²) >= 11 is 0. The van der Waals surface area contributed by atoms with E-state index in [1.807, 2.05) is 24.3 Å². The van der Waals surface area contributed by atoms with Crippen molar-refractivity contribution in [2.45, 2.75) is 204 Å². The van der Waals surface area contributed by atoms with Crippen LogP contribution in [0.1, 0.15) is 205 Å². The Morgan fingerprint density at radius 2 is 0.648 bits per heavy atom. The SMILES string of the molecule is CC(C)(C)CC(C)(C)c1cc(-c2cccc(F)c2)c(O)c(-n2c3cc(C(C)(C)C)ccc3c3ccc(C(C)(C)C)cc32)c1OCCCOc1c(C(C)(C)CC(C)(C)C)cc(-c2cccc(F)c2)c(O)c1-n1c2cc(C(C)(C)C)ccc2c2ccc(C(C)(C)C)cc21. The van der Waals surface area contributed by atoms with Crippen LogP contribution in [-0.4, -0.2) is 32.6 Å². The van der Waals surface area contributed by atoms with E-state index in [0.717, 1.165) is 89.8 Å². The van der Waals surface area contributed by atoms with Crippen LogP contribution in [-0.2, 0) is 32.5 Å². The Bertz CT molecular complexity index is 4000. The lowest BCUT2D eigenvalue weighted by molar-refractivity contribution is 0.229. The van der Waals surface area contributed by atoms with Gasteiger partial charge >= 0.3 is 0 Å². The molecule has 0 atom stereocenters. The Hall–Kier alpha value is -7.58. The molecule has 8 aromatic carbocycles. The van der Waals surface area contributed by atoms with Gasteiger partial charge in [-0.1, -0.05) is 225 Å². The first-order chi connectivity index (χ1) is 42.0. The fourth-order valence-electron chi connectivity index (χ4n) is 14.4. The fourth-order valence-corrected chi connectivity index (χ4v) is 14.4. The zero-order chi connectivity index (χ0) is 66.7. The molecule has 10 aromatic rings. The van der Waals surface area contributed by atoms with Gasteiger partial charge in [0.1, 0.15) is 23.0 Å². The van der Waals surface area contributed by atoms with Crippen LogP contribution in [0.3, 0.4) is 0 Å². The normalized spacial score (nSPS) is 13.4. The van der Waals surface area contributed by atoms with Gasteiger partial charge in [-0.05, 0) is 150 Å². The number of nitrogens with zero attached hydrogens (tertiary/aromatic N) is 2. The molecule has 480 valence electrons. The molecule has 6 nitrogen and oxygen atoms in total. The third kappa shape index (κ3) is 13.3. The summed E-state index contributed by atoms with van der Waals surface area (Å²) in [7, 11) is 0. The average Bonchev–Trinajstić information content (AvgIpc) is 1.64. The smallest absolute Gasteiger partial charge is 0.151 e. The predicted octanol–water partition coefficient (Wildman–Crippen LogP) is 23.4. The molecule has 0 unspecified atom stereocenters. The number of benzene rings is 8. The minimum Gasteiger partial charge on any atom is -0.505 e. The lowest BCUT2D eigenvalue weighted by Crippen LogP contribution is -2.27. The van der Waals surface area contributed by atoms with Gasteiger partial charge in [0, 0.05) is 50.2 Å². The summed E-state index contributed by atoms with van der Waals surface area (Å²) in [5.74, 6) is 0.229. The van der Waals surface area contributed by atoms with Crippen LogP contribution in [0.2, 0.25) is 0 Å². The molecule has 91 heavy (non-hydrogen) atoms. The highest BCUT2D eigenvalue weighted by Crippen LogP contribution is 2.55. The van der Waals surface area contributed by atoms with Crippen LogP contribution >= 0.6 is 0 Å². The molecule has 0 aliphatic carbocycles. The van der Waals surface area contributed by atoms with Crippen molar-refractivity contribution in [2.75, 3.05) is 13.2 Å². The first-order valence-corrected chi connectivity index (χ1v) is 32.8. The summed E-state index contributed by atoms with van der Waals surface area (Å²) in [4.78, 5) is 0. The van der Waals surface area contributed by atoms with Crippen LogP contribution in [0.4, 0.5) is 8.78 Å². The zero-order valence-corrected chi connectivity index (χ0v) is 58.6. The van der Waals surface area contributed by atoms with Crippen molar-refractivity contribution in [3.05, 3.63) is 178 Å². The highest BCUT2D eigenvalue weighted by Gasteiger charge is 2.38. The van der Waals surface area contributed by atoms with Crippen LogP contribution in [0.5, 0.6) is 23.0 Å². The molecule has 2 heterocycles. The van der Waals surface area contributed by atoms with Crippen molar-refractivity contribution in [3.63, 3.8) is 0 Å². The Kier molecular flexibility index (Phi) is 16.9. The van der Waals surface area contributed by atoms with Gasteiger partial charge in [-0.25, -0.2) is 8.78 Å². The van der Waals surface area contributed by atoms with Crippen molar-refractivity contribution in [2.24, 2.45) is 10.8 Å². The Morgan fingerprint density at radius 3 is 0.901 bits per heavy atom. The number of halogens is 2. The highest BCUT2D eigenvalue weighted by molar-refractivity contribution is 6.12. The summed E-state index contributed by atoms with van der Waals surface area (Å²) in [6.07, 6.45) is 1.90. The lowest BCUT2D eigenvalue weighted by Gasteiger charge is -2.36. The van der Waals surface area contributed by atoms with E-state index in [4.69, 9.17) is 9.47 Å². The number of phenols is 2. The molecule has 0 aliphatic heterocycles. The zero-order valence-electron chi connectivity index (χ0n) is 58.6. The van der Waals surface area contributed by atoms with Gasteiger partial charge in [-0.3, -0.25) is 0 Å². The number of aromatic hydroxyl groups is 2. The standard InChI is InChI=1S/C83H100F2N2O4/c1-76(2,3)48-82(19,20)64-46-62(50-26-23-28-56(84)40-50)72(88)70(86-66-42-52(78(7,8)9)30-34-58(66)59-35-31-53(43-67(59)86)79(10,11)12)74(64)90-38-25-39-91-75-65(83(21,22)49-77(4,5)6)47-63(51-27-24-29-57(85)41-51)73(89)71(75)87-68-44-54(80(13,14)15)32-36-60(68)61-37-33-55(45-69(61)87)81(16,17)18/h23-24,26-37,40-47,88-89H,25,38-39,48-49H2,1-22H3. The molecule has 2 N–H and O–H groups in total. The summed E-state index contributed by atoms with van der Waals surface area (Å²) in [5, 5.41) is 31.1. The van der Waals surface area contributed by atoms with Gasteiger partial charge in [-0.15, -0.1) is 0 Å². The molecule has 0 bridgehead atoms. The number of phenolic OH excluding ortho intramolecular Hbond substituents is 2. The van der Waals surface area contributed by atoms with E-state index < -0.39 is 22.5 Å². The maximum Gasteiger partial charge on any atom is 0.151 e. The first-order valence-electron chi connectivity index (χ1n) is 32.8. The second-order valence-electron chi connectivity index (χ2n) is 33.9. The fraction of sp³-hybridized carbons (Fsp3) is 0.422. The monoisotopic (exact) mass is 1230 g/mol. The average molecular weight is 1230 g/mol. The Morgan fingerprint density at radius 1 is 0.363 bits per heavy atom. The largest absolute Gasteiger partial charge is 0.505 e. The number of aromatic nitrogens is 2. The van der Waals surface area contributed by atoms with E-state index in [0.29, 0.717) is 51.5 Å². The molecule has 10 rings (SSSR count). The molecule has 2 aromatic heterocycles. The second-order valence-corrected chi connectivity index (χ2v) is 33.9. The third-order valence-electron chi connectivity index (χ3n) is 18.4. The topological polar surface area (TPSA) is 68.8 Å². The Labute approximate surface area is 541 Å². The van der Waals surface area contributed by atoms with E-state index in [1.54, 1.807) is 12.1 Å². The molecule has 8 heteroatoms. The molecular formula is C83H100F2N2O4. The summed E-state index contributed by atoms with van der Waals surface area (Å²) < 4.78 is 50.5. The molecule has 0 aliphatic rings. The van der Waals surface area contributed by atoms with Crippen molar-refractivity contribution >= 4 is 43.6 Å². The van der Waals surface area contributed by atoms with Gasteiger partial charge in [0.05, 0.1) is 35.3 Å². The highest BCUT2D eigenvalue weighted by atomic mass is 19.1. The number of rotatable bonds is 14. The third-order valence-corrected chi connectivity index (χ3v) is 18.4. The minimum absolute atomic E-state index is 0.0204. The van der Waals surface area contributed by atoms with Crippen molar-refractivity contribution < 1.29 is 28.5 Å². The van der Waals surface area contributed by atoms with Gasteiger partial charge < -0.3 is 28.8 Å². The van der Waals surface area contributed by atoms with Crippen molar-refractivity contribution in [1.29, 1.82) is 0 Å². The summed E-state index contributed by atoms with van der Waals surface area (Å²) in [5.41, 5.74) is 10.9. The predicted molar refractivity (Wildman–Crippen MR) is 380 cm³/mol. The van der Waals surface area contributed by atoms with Crippen LogP contribution in [0.15, 0.2) is 133 Å². The number of fused-ring (bicyclic) bond motifs is 6. The molecule has 0 amide bonds. The minimum atomic E-state index is -0.550. The van der Waals surface area contributed by atoms with Crippen molar-refractivity contribution in [1.82, 2.24) is 9.13 Å². The van der Waals surface area contributed by atoms with E-state index in [2.05, 4.69) is 234 Å². The van der Waals surface area contributed by atoms with Crippen molar-refractivity contribution in [3.8, 4) is 56.6 Å². The van der Waals surface area contributed by atoms with E-state index in [1.165, 1.54) is 24.3 Å². The number of hydrogen-bond donors (Lipinski definition) is 2. The molecule has 0 saturated carbocycles. The van der Waals surface area contributed by atoms with Gasteiger partial charge in [0.15, 0.2) is 23.0 Å². The second kappa shape index (κ2) is 23.2. The molecule has 0 radical (unpaired) electrons. The lowest BCUT2D eigenvalue weighted by atomic mass is 9.71. The van der Waals surface area contributed by atoms with E-state index in [-0.39, 0.29) is 57.2 Å². The summed E-state index contributed by atoms with van der Waals surface area (Å²) in [6.45, 7) is 49.4. The quantitative estimate of drug-likeness (QED) is 0.106. The molecular weight excluding hydrogens is 1130 g/mol. The molecule has 0 spiro atoms. The van der Waals surface area contributed by atoms with E-state index >= 15 is 8.78 Å². The summed E-state index contributed by atoms with van der Waals surface area (Å²) in [6, 6.07) is 43.8. The first kappa shape index (κ1) is 66.3.